The van der Waals surface area contributed by atoms with E-state index in [-0.39, 0.29) is 26.3 Å². The summed E-state index contributed by atoms with van der Waals surface area (Å²) in [4.78, 5) is 11.4. The number of carbonyl (C=O) groups is 1. The monoisotopic (exact) mass is 310 g/mol. The number of halogens is 2. The van der Waals surface area contributed by atoms with Gasteiger partial charge in [-0.15, -0.1) is 0 Å². The smallest absolute Gasteiger partial charge is 0.341 e. The van der Waals surface area contributed by atoms with Crippen molar-refractivity contribution >= 4 is 30.7 Å². The number of hydrogen-bond donors (Lipinski definition) is 0. The number of esters is 1. The maximum atomic E-state index is 13.2. The van der Waals surface area contributed by atoms with Gasteiger partial charge in [-0.1, -0.05) is 20.7 Å². The fourth-order valence-corrected chi connectivity index (χ4v) is 2.25. The molecule has 1 rings (SSSR count). The fourth-order valence-electron chi connectivity index (χ4n) is 0.828. The third kappa shape index (κ3) is 3.32. The van der Waals surface area contributed by atoms with Gasteiger partial charge in [-0.3, -0.25) is 0 Å². The first-order chi connectivity index (χ1) is 6.40. The number of hydrogen-bond acceptors (Lipinski definition) is 2. The lowest BCUT2D eigenvalue weighted by Gasteiger charge is -2.20. The number of carbonyl (C=O) groups excluding carboxylic acids is 1. The van der Waals surface area contributed by atoms with Crippen molar-refractivity contribution in [2.45, 2.75) is 26.4 Å². The summed E-state index contributed by atoms with van der Waals surface area (Å²) in [5, 5.41) is 0. The highest BCUT2D eigenvalue weighted by Gasteiger charge is 2.21. The van der Waals surface area contributed by atoms with Crippen molar-refractivity contribution in [2.24, 2.45) is 0 Å². The molecule has 0 saturated carbocycles. The van der Waals surface area contributed by atoms with Gasteiger partial charge < -0.3 is 4.74 Å². The van der Waals surface area contributed by atoms with Crippen LogP contribution in [-0.4, -0.2) is 15.6 Å². The lowest BCUT2D eigenvalue weighted by Crippen LogP contribution is -2.25. The van der Waals surface area contributed by atoms with Crippen molar-refractivity contribution in [3.05, 3.63) is 21.6 Å². The maximum Gasteiger partial charge on any atom is 0.341 e. The molecule has 0 saturated heterocycles. The second-order valence-electron chi connectivity index (χ2n) is 3.79. The van der Waals surface area contributed by atoms with Crippen molar-refractivity contribution < 1.29 is 13.9 Å². The Bertz CT molecular complexity index is 335. The molecule has 14 heavy (non-hydrogen) atoms. The fraction of sp³-hybridized carbons (Fsp3) is 0.400. The predicted octanol–water partition coefficient (Wildman–Crippen LogP) is 2.85. The second-order valence-corrected chi connectivity index (χ2v) is 5.85. The van der Waals surface area contributed by atoms with Gasteiger partial charge >= 0.3 is 5.97 Å². The first-order valence-corrected chi connectivity index (χ1v) is 6.64. The Morgan fingerprint density at radius 1 is 1.50 bits per heavy atom. The average Bonchev–Trinajstić information content (AvgIpc) is 2.01. The molecule has 0 N–H and O–H groups in total. The van der Waals surface area contributed by atoms with E-state index in [1.165, 1.54) is 10.1 Å². The largest absolute Gasteiger partial charge is 0.456 e. The van der Waals surface area contributed by atoms with Crippen molar-refractivity contribution in [3.63, 3.8) is 0 Å². The van der Waals surface area contributed by atoms with E-state index in [1.54, 1.807) is 20.8 Å². The van der Waals surface area contributed by atoms with Gasteiger partial charge in [0.15, 0.2) is 0 Å². The third-order valence-corrected chi connectivity index (χ3v) is 3.02. The van der Waals surface area contributed by atoms with Crippen LogP contribution in [0.4, 0.5) is 4.39 Å². The number of allylic oxidation sites excluding steroid dienone is 1. The predicted molar refractivity (Wildman–Crippen MR) is 63.2 cm³/mol. The van der Waals surface area contributed by atoms with Crippen LogP contribution in [0.15, 0.2) is 21.6 Å². The van der Waals surface area contributed by atoms with E-state index in [1.807, 2.05) is 4.08 Å². The summed E-state index contributed by atoms with van der Waals surface area (Å²) in [5.41, 5.74) is -0.545. The molecular formula is C10H12FIO2. The summed E-state index contributed by atoms with van der Waals surface area (Å²) in [6.07, 6.45) is 1.51. The summed E-state index contributed by atoms with van der Waals surface area (Å²) >= 11 is -0.359. The lowest BCUT2D eigenvalue weighted by molar-refractivity contribution is -0.149. The van der Waals surface area contributed by atoms with Gasteiger partial charge in [0.2, 0.25) is 0 Å². The summed E-state index contributed by atoms with van der Waals surface area (Å²) in [6, 6.07) is 0. The van der Waals surface area contributed by atoms with Crippen molar-refractivity contribution in [1.82, 2.24) is 0 Å². The van der Waals surface area contributed by atoms with Gasteiger partial charge in [0.1, 0.15) is 11.4 Å². The molecule has 4 heteroatoms. The molecule has 0 aromatic carbocycles. The van der Waals surface area contributed by atoms with E-state index < -0.39 is 17.4 Å². The zero-order valence-corrected chi connectivity index (χ0v) is 10.5. The Kier molecular flexibility index (Phi) is 3.58. The highest BCUT2D eigenvalue weighted by Crippen LogP contribution is 2.20. The molecule has 0 unspecified atom stereocenters. The normalized spacial score (nSPS) is 16.6. The van der Waals surface area contributed by atoms with Crippen LogP contribution in [0.5, 0.6) is 0 Å². The van der Waals surface area contributed by atoms with Gasteiger partial charge in [0.05, 0.1) is 5.57 Å². The molecule has 0 amide bonds. The van der Waals surface area contributed by atoms with Crippen molar-refractivity contribution in [3.8, 4) is 0 Å². The third-order valence-electron chi connectivity index (χ3n) is 1.34. The zero-order valence-electron chi connectivity index (χ0n) is 8.30. The van der Waals surface area contributed by atoms with Gasteiger partial charge in [0.25, 0.3) is 0 Å². The van der Waals surface area contributed by atoms with Crippen LogP contribution >= 0.6 is 20.7 Å². The van der Waals surface area contributed by atoms with E-state index in [4.69, 9.17) is 4.74 Å². The molecule has 0 atom stereocenters. The van der Waals surface area contributed by atoms with Crippen LogP contribution in [-0.2, 0) is 9.53 Å². The maximum absolute atomic E-state index is 13.2. The number of ether oxygens (including phenoxy) is 1. The second kappa shape index (κ2) is 4.33. The van der Waals surface area contributed by atoms with E-state index in [2.05, 4.69) is 0 Å². The van der Waals surface area contributed by atoms with Crippen LogP contribution in [0.3, 0.4) is 0 Å². The molecular weight excluding hydrogens is 298 g/mol. The summed E-state index contributed by atoms with van der Waals surface area (Å²) in [5.74, 6) is -1.04. The van der Waals surface area contributed by atoms with E-state index in [0.717, 1.165) is 0 Å². The molecule has 0 fully saturated rings. The van der Waals surface area contributed by atoms with Gasteiger partial charge in [-0.2, -0.15) is 0 Å². The van der Waals surface area contributed by atoms with Crippen LogP contribution in [0.1, 0.15) is 20.8 Å². The Balaban J connectivity index is 2.81. The summed E-state index contributed by atoms with van der Waals surface area (Å²) in [7, 11) is 0. The standard InChI is InChI=1S/C10H12FIO2/c1-10(2,3)14-9(13)7-4-5-12-6-8(7)11/h4-6H,1-3H3. The molecule has 1 aliphatic rings. The Morgan fingerprint density at radius 2 is 2.14 bits per heavy atom. The molecule has 0 spiro atoms. The molecule has 78 valence electrons. The molecule has 2 nitrogen and oxygen atoms in total. The highest BCUT2D eigenvalue weighted by atomic mass is 127. The first-order valence-electron chi connectivity index (χ1n) is 4.15. The van der Waals surface area contributed by atoms with Crippen LogP contribution in [0.2, 0.25) is 0 Å². The van der Waals surface area contributed by atoms with Gasteiger partial charge in [-0.05, 0) is 30.9 Å². The van der Waals surface area contributed by atoms with Gasteiger partial charge in [0, 0.05) is 4.01 Å². The lowest BCUT2D eigenvalue weighted by atomic mass is 10.2. The van der Waals surface area contributed by atoms with Crippen molar-refractivity contribution in [2.75, 3.05) is 0 Å². The Morgan fingerprint density at radius 3 is 2.64 bits per heavy atom. The SMILES string of the molecule is CC(C)(C)OC(=O)C1=C(F)C=IC=C1. The summed E-state index contributed by atoms with van der Waals surface area (Å²) < 4.78 is 21.5. The average molecular weight is 310 g/mol. The van der Waals surface area contributed by atoms with Gasteiger partial charge in [-0.25, -0.2) is 9.18 Å². The summed E-state index contributed by atoms with van der Waals surface area (Å²) in [6.45, 7) is 5.27. The molecule has 1 aliphatic heterocycles. The van der Waals surface area contributed by atoms with E-state index in [9.17, 15) is 9.18 Å². The molecule has 0 radical (unpaired) electrons. The van der Waals surface area contributed by atoms with Crippen molar-refractivity contribution in [1.29, 1.82) is 0 Å². The van der Waals surface area contributed by atoms with E-state index >= 15 is 0 Å². The molecule has 0 bridgehead atoms. The van der Waals surface area contributed by atoms with Crippen LogP contribution < -0.4 is 0 Å². The minimum absolute atomic E-state index is 0.0332. The zero-order chi connectivity index (χ0) is 10.8. The molecule has 0 aromatic heterocycles. The molecule has 1 heterocycles. The van der Waals surface area contributed by atoms with Crippen LogP contribution in [0, 0.1) is 0 Å². The Hall–Kier alpha value is -0.520. The minimum Gasteiger partial charge on any atom is -0.456 e. The first kappa shape index (κ1) is 11.6. The number of rotatable bonds is 1. The highest BCUT2D eigenvalue weighted by molar-refractivity contribution is 14.2. The van der Waals surface area contributed by atoms with E-state index in [0.29, 0.717) is 0 Å². The molecule has 0 aromatic rings. The topological polar surface area (TPSA) is 26.3 Å². The Labute approximate surface area is 92.6 Å². The molecule has 0 aliphatic carbocycles. The minimum atomic E-state index is -0.591. The quantitative estimate of drug-likeness (QED) is 0.550. The van der Waals surface area contributed by atoms with Crippen LogP contribution in [0.25, 0.3) is 0 Å².